The molecule has 5 heteroatoms. The van der Waals surface area contributed by atoms with E-state index in [1.807, 2.05) is 6.92 Å². The number of carbonyl (C=O) groups excluding carboxylic acids is 1. The van der Waals surface area contributed by atoms with Crippen LogP contribution < -0.4 is 11.1 Å². The van der Waals surface area contributed by atoms with Crippen molar-refractivity contribution in [2.24, 2.45) is 5.73 Å². The number of hydrogen-bond donors (Lipinski definition) is 3. The number of methoxy groups -OCH3 is 1. The third-order valence-electron chi connectivity index (χ3n) is 1.74. The average molecular weight is 190 g/mol. The number of rotatable bonds is 6. The third kappa shape index (κ3) is 4.82. The number of nitrogens with one attached hydrogen (secondary N) is 1. The van der Waals surface area contributed by atoms with Crippen LogP contribution in [0.5, 0.6) is 0 Å². The van der Waals surface area contributed by atoms with Gasteiger partial charge in [0.05, 0.1) is 0 Å². The van der Waals surface area contributed by atoms with Crippen molar-refractivity contribution in [2.75, 3.05) is 20.3 Å². The maximum Gasteiger partial charge on any atom is 0.250 e. The summed E-state index contributed by atoms with van der Waals surface area (Å²) >= 11 is 0. The molecule has 0 aromatic heterocycles. The lowest BCUT2D eigenvalue weighted by Crippen LogP contribution is -2.44. The van der Waals surface area contributed by atoms with Crippen LogP contribution in [-0.2, 0) is 9.53 Å². The second-order valence-electron chi connectivity index (χ2n) is 2.88. The molecule has 0 aliphatic rings. The first-order chi connectivity index (χ1) is 6.15. The second kappa shape index (κ2) is 6.82. The lowest BCUT2D eigenvalue weighted by Gasteiger charge is -2.17. The topological polar surface area (TPSA) is 84.6 Å². The largest absolute Gasteiger partial charge is 0.396 e. The third-order valence-corrected chi connectivity index (χ3v) is 1.74. The molecule has 5 nitrogen and oxygen atoms in total. The molecule has 0 saturated heterocycles. The van der Waals surface area contributed by atoms with Crippen LogP contribution in [0.25, 0.3) is 0 Å². The highest BCUT2D eigenvalue weighted by molar-refractivity contribution is 5.81. The van der Waals surface area contributed by atoms with E-state index < -0.39 is 6.10 Å². The van der Waals surface area contributed by atoms with E-state index in [0.717, 1.165) is 0 Å². The Morgan fingerprint density at radius 1 is 1.69 bits per heavy atom. The number of aliphatic hydroxyl groups is 1. The molecule has 0 spiro atoms. The fraction of sp³-hybridized carbons (Fsp3) is 0.875. The van der Waals surface area contributed by atoms with Gasteiger partial charge >= 0.3 is 0 Å². The molecule has 4 N–H and O–H groups in total. The molecule has 0 aromatic carbocycles. The van der Waals surface area contributed by atoms with Crippen molar-refractivity contribution >= 4 is 5.91 Å². The van der Waals surface area contributed by atoms with Crippen LogP contribution in [0.15, 0.2) is 0 Å². The van der Waals surface area contributed by atoms with E-state index in [2.05, 4.69) is 5.32 Å². The molecule has 0 rings (SSSR count). The van der Waals surface area contributed by atoms with E-state index >= 15 is 0 Å². The van der Waals surface area contributed by atoms with Crippen molar-refractivity contribution in [3.63, 3.8) is 0 Å². The van der Waals surface area contributed by atoms with Gasteiger partial charge < -0.3 is 20.9 Å². The molecular weight excluding hydrogens is 172 g/mol. The van der Waals surface area contributed by atoms with Crippen LogP contribution >= 0.6 is 0 Å². The first-order valence-electron chi connectivity index (χ1n) is 4.29. The molecule has 0 radical (unpaired) electrons. The van der Waals surface area contributed by atoms with Crippen LogP contribution in [0.3, 0.4) is 0 Å². The van der Waals surface area contributed by atoms with Gasteiger partial charge in [-0.3, -0.25) is 4.79 Å². The van der Waals surface area contributed by atoms with Crippen molar-refractivity contribution in [1.29, 1.82) is 0 Å². The number of amides is 1. The predicted molar refractivity (Wildman–Crippen MR) is 49.2 cm³/mol. The lowest BCUT2D eigenvalue weighted by molar-refractivity contribution is -0.131. The maximum absolute atomic E-state index is 11.3. The molecule has 1 amide bonds. The zero-order chi connectivity index (χ0) is 10.3. The number of aliphatic hydroxyl groups excluding tert-OH is 1. The van der Waals surface area contributed by atoms with Gasteiger partial charge in [-0.2, -0.15) is 0 Å². The first kappa shape index (κ1) is 12.3. The summed E-state index contributed by atoms with van der Waals surface area (Å²) in [4.78, 5) is 11.3. The summed E-state index contributed by atoms with van der Waals surface area (Å²) in [6.07, 6.45) is -0.0617. The summed E-state index contributed by atoms with van der Waals surface area (Å²) in [7, 11) is 1.44. The maximum atomic E-state index is 11.3. The van der Waals surface area contributed by atoms with Crippen LogP contribution in [0, 0.1) is 0 Å². The van der Waals surface area contributed by atoms with Crippen molar-refractivity contribution < 1.29 is 14.6 Å². The van der Waals surface area contributed by atoms with Crippen LogP contribution in [-0.4, -0.2) is 43.4 Å². The molecule has 0 fully saturated rings. The number of nitrogens with two attached hydrogens (primary N) is 1. The average Bonchev–Trinajstić information content (AvgIpc) is 2.06. The Labute approximate surface area is 78.3 Å². The minimum atomic E-state index is -0.596. The normalized spacial score (nSPS) is 15.1. The molecule has 0 heterocycles. The molecule has 2 atom stereocenters. The Morgan fingerprint density at radius 2 is 2.31 bits per heavy atom. The van der Waals surface area contributed by atoms with E-state index in [1.54, 1.807) is 0 Å². The van der Waals surface area contributed by atoms with Gasteiger partial charge in [0.15, 0.2) is 0 Å². The Bertz CT molecular complexity index is 148. The summed E-state index contributed by atoms with van der Waals surface area (Å²) in [5.41, 5.74) is 5.30. The van der Waals surface area contributed by atoms with Crippen LogP contribution in [0.1, 0.15) is 13.3 Å². The van der Waals surface area contributed by atoms with E-state index in [1.165, 1.54) is 7.11 Å². The fourth-order valence-corrected chi connectivity index (χ4v) is 0.912. The zero-order valence-corrected chi connectivity index (χ0v) is 8.12. The molecule has 0 aliphatic carbocycles. The minimum absolute atomic E-state index is 0.0540. The highest BCUT2D eigenvalue weighted by Crippen LogP contribution is 1.92. The molecule has 78 valence electrons. The molecule has 0 aromatic rings. The van der Waals surface area contributed by atoms with Gasteiger partial charge in [-0.1, -0.05) is 0 Å². The van der Waals surface area contributed by atoms with Gasteiger partial charge in [0.1, 0.15) is 6.10 Å². The molecular formula is C8H18N2O3. The van der Waals surface area contributed by atoms with Gasteiger partial charge in [0.2, 0.25) is 0 Å². The summed E-state index contributed by atoms with van der Waals surface area (Å²) < 4.78 is 4.84. The Kier molecular flexibility index (Phi) is 6.48. The summed E-state index contributed by atoms with van der Waals surface area (Å²) in [6.45, 7) is 2.03. The van der Waals surface area contributed by atoms with E-state index in [0.29, 0.717) is 6.42 Å². The van der Waals surface area contributed by atoms with Crippen molar-refractivity contribution in [1.82, 2.24) is 5.32 Å². The SMILES string of the molecule is COC(CN)C(=O)NC(C)CCO. The van der Waals surface area contributed by atoms with Gasteiger partial charge in [-0.25, -0.2) is 0 Å². The summed E-state index contributed by atoms with van der Waals surface area (Å²) in [6, 6.07) is -0.0540. The Balaban J connectivity index is 3.83. The van der Waals surface area contributed by atoms with Crippen molar-refractivity contribution in [3.05, 3.63) is 0 Å². The van der Waals surface area contributed by atoms with Crippen LogP contribution in [0.2, 0.25) is 0 Å². The van der Waals surface area contributed by atoms with E-state index in [4.69, 9.17) is 15.6 Å². The monoisotopic (exact) mass is 190 g/mol. The number of ether oxygens (including phenoxy) is 1. The first-order valence-corrected chi connectivity index (χ1v) is 4.29. The smallest absolute Gasteiger partial charge is 0.250 e. The van der Waals surface area contributed by atoms with Crippen LogP contribution in [0.4, 0.5) is 0 Å². The molecule has 0 bridgehead atoms. The lowest BCUT2D eigenvalue weighted by atomic mass is 10.2. The molecule has 2 unspecified atom stereocenters. The Hall–Kier alpha value is -0.650. The molecule has 0 saturated carbocycles. The number of hydrogen-bond acceptors (Lipinski definition) is 4. The summed E-state index contributed by atoms with van der Waals surface area (Å²) in [5.74, 6) is -0.231. The van der Waals surface area contributed by atoms with E-state index in [9.17, 15) is 4.79 Å². The predicted octanol–water partition coefficient (Wildman–Crippen LogP) is -1.15. The Morgan fingerprint density at radius 3 is 2.69 bits per heavy atom. The quantitative estimate of drug-likeness (QED) is 0.493. The molecule has 13 heavy (non-hydrogen) atoms. The zero-order valence-electron chi connectivity index (χ0n) is 8.12. The van der Waals surface area contributed by atoms with Gasteiger partial charge in [-0.05, 0) is 13.3 Å². The van der Waals surface area contributed by atoms with Gasteiger partial charge in [0.25, 0.3) is 5.91 Å². The van der Waals surface area contributed by atoms with Crippen molar-refractivity contribution in [3.8, 4) is 0 Å². The highest BCUT2D eigenvalue weighted by atomic mass is 16.5. The van der Waals surface area contributed by atoms with E-state index in [-0.39, 0.29) is 25.1 Å². The molecule has 0 aliphatic heterocycles. The minimum Gasteiger partial charge on any atom is -0.396 e. The number of carbonyl (C=O) groups is 1. The summed E-state index contributed by atoms with van der Waals surface area (Å²) in [5, 5.41) is 11.3. The van der Waals surface area contributed by atoms with Gasteiger partial charge in [-0.15, -0.1) is 0 Å². The fourth-order valence-electron chi connectivity index (χ4n) is 0.912. The highest BCUT2D eigenvalue weighted by Gasteiger charge is 2.16. The van der Waals surface area contributed by atoms with Gasteiger partial charge in [0, 0.05) is 26.3 Å². The standard InChI is InChI=1S/C8H18N2O3/c1-6(3-4-11)10-8(12)7(5-9)13-2/h6-7,11H,3-5,9H2,1-2H3,(H,10,12). The second-order valence-corrected chi connectivity index (χ2v) is 2.88. The van der Waals surface area contributed by atoms with Crippen molar-refractivity contribution in [2.45, 2.75) is 25.5 Å².